The molecule has 0 unspecified atom stereocenters. The van der Waals surface area contributed by atoms with E-state index in [1.807, 2.05) is 42.3 Å². The number of carbonyl (C=O) groups excluding carboxylic acids is 6. The van der Waals surface area contributed by atoms with Gasteiger partial charge in [0, 0.05) is 37.6 Å². The number of aliphatic hydroxyl groups excluding tert-OH is 4. The predicted molar refractivity (Wildman–Crippen MR) is 139 cm³/mol. The molecule has 19 heteroatoms. The number of nitrogens with zero attached hydrogens (tertiary/aromatic N) is 2. The molecule has 0 bridgehead atoms. The van der Waals surface area contributed by atoms with Crippen LogP contribution in [-0.4, -0.2) is 157 Å². The number of esters is 2. The van der Waals surface area contributed by atoms with E-state index in [0.29, 0.717) is 22.1 Å². The van der Waals surface area contributed by atoms with Gasteiger partial charge in [-0.2, -0.15) is 0 Å². The summed E-state index contributed by atoms with van der Waals surface area (Å²) in [5.74, 6) is -7.37. The molecular weight excluding hydrogens is 662 g/mol. The Balaban J connectivity index is -0.000000277. The molecule has 6 atom stereocenters. The molecule has 0 saturated heterocycles. The van der Waals surface area contributed by atoms with Crippen molar-refractivity contribution in [2.24, 2.45) is 0 Å². The smallest absolute Gasteiger partial charge is 0.550 e. The van der Waals surface area contributed by atoms with E-state index >= 15 is 0 Å². The molecule has 258 valence electrons. The third-order valence-electron chi connectivity index (χ3n) is 4.94. The Labute approximate surface area is 274 Å². The molecule has 0 fully saturated rings. The second kappa shape index (κ2) is 23.5. The molecular formula is C26H46N2O16Zn. The summed E-state index contributed by atoms with van der Waals surface area (Å²) in [5, 5.41) is 75.6. The fraction of sp³-hybridized carbons (Fsp3) is 0.769. The van der Waals surface area contributed by atoms with Gasteiger partial charge in [-0.25, -0.2) is 0 Å². The van der Waals surface area contributed by atoms with Crippen LogP contribution in [0.3, 0.4) is 0 Å². The van der Waals surface area contributed by atoms with Crippen LogP contribution in [0.2, 0.25) is 0 Å². The van der Waals surface area contributed by atoms with E-state index in [9.17, 15) is 49.2 Å². The van der Waals surface area contributed by atoms with Crippen molar-refractivity contribution in [1.29, 1.82) is 0 Å². The molecule has 0 aromatic rings. The maximum atomic E-state index is 11.0. The molecule has 0 rings (SSSR count). The van der Waals surface area contributed by atoms with E-state index < -0.39 is 60.5 Å². The summed E-state index contributed by atoms with van der Waals surface area (Å²) in [6.45, 7) is 4.26. The average Bonchev–Trinajstić information content (AvgIpc) is 2.84. The van der Waals surface area contributed by atoms with Crippen LogP contribution in [-0.2, 0) is 57.7 Å². The minimum absolute atomic E-state index is 0. The molecule has 0 saturated carbocycles. The molecule has 0 aliphatic carbocycles. The standard InChI is InChI=1S/2C10H19NO4.C6H10O8.Zn/c2*1-5-10(14)15-8(6-9(12)13)7-11(2,3)4;7-1(3(9)5(11)12)2(8)4(10)6(13)14;/h2*8H,5-7H2,1-4H3;1-4,7-10H,(H,11,12)(H,13,14);/q;;;+2/p-2/t2*8-;1-,2+,3+,4-;/m11../s1. The summed E-state index contributed by atoms with van der Waals surface area (Å²) in [5.41, 5.74) is 0. The van der Waals surface area contributed by atoms with E-state index in [1.54, 1.807) is 13.8 Å². The molecule has 0 radical (unpaired) electrons. The number of quaternary nitrogens is 2. The number of ether oxygens (including phenoxy) is 2. The van der Waals surface area contributed by atoms with Gasteiger partial charge in [0.25, 0.3) is 0 Å². The zero-order valence-corrected chi connectivity index (χ0v) is 30.0. The molecule has 0 aliphatic rings. The van der Waals surface area contributed by atoms with E-state index in [4.69, 9.17) is 29.9 Å². The van der Waals surface area contributed by atoms with Crippen LogP contribution >= 0.6 is 0 Å². The zero-order chi connectivity index (χ0) is 35.6. The Hall–Kier alpha value is -2.80. The predicted octanol–water partition coefficient (Wildman–Crippen LogP) is -7.76. The third-order valence-corrected chi connectivity index (χ3v) is 4.94. The molecule has 4 N–H and O–H groups in total. The van der Waals surface area contributed by atoms with Crippen molar-refractivity contribution in [1.82, 2.24) is 0 Å². The van der Waals surface area contributed by atoms with Crippen LogP contribution in [0.15, 0.2) is 0 Å². The van der Waals surface area contributed by atoms with Gasteiger partial charge in [0.15, 0.2) is 12.2 Å². The number of rotatable bonds is 17. The first-order chi connectivity index (χ1) is 19.8. The Morgan fingerprint density at radius 2 is 0.822 bits per heavy atom. The summed E-state index contributed by atoms with van der Waals surface area (Å²) < 4.78 is 11.1. The van der Waals surface area contributed by atoms with Crippen LogP contribution in [0.4, 0.5) is 0 Å². The number of carboxylic acid groups (broad SMARTS) is 4. The monoisotopic (exact) mass is 706 g/mol. The molecule has 0 aromatic carbocycles. The van der Waals surface area contributed by atoms with Crippen LogP contribution in [0.25, 0.3) is 0 Å². The minimum Gasteiger partial charge on any atom is -0.550 e. The fourth-order valence-electron chi connectivity index (χ4n) is 3.07. The summed E-state index contributed by atoms with van der Waals surface area (Å²) >= 11 is 0. The van der Waals surface area contributed by atoms with Crippen molar-refractivity contribution in [3.63, 3.8) is 0 Å². The van der Waals surface area contributed by atoms with Gasteiger partial charge in [-0.15, -0.1) is 0 Å². The van der Waals surface area contributed by atoms with Gasteiger partial charge in [-0.05, 0) is 0 Å². The summed E-state index contributed by atoms with van der Waals surface area (Å²) in [4.78, 5) is 62.9. The van der Waals surface area contributed by atoms with Crippen LogP contribution < -0.4 is 20.4 Å². The fourth-order valence-corrected chi connectivity index (χ4v) is 3.07. The Morgan fingerprint density at radius 3 is 0.978 bits per heavy atom. The Kier molecular flexibility index (Phi) is 25.7. The Morgan fingerprint density at radius 1 is 0.578 bits per heavy atom. The SMILES string of the molecule is CCC(=O)O[C@H](CC(=O)[O-])C[N+](C)(C)C.CCC(=O)O[C@H](CC(=O)[O-])C[N+](C)(C)C.O=C([O-])[C@@H](O)[C@H](O)[C@H](O)[C@@H](O)C(=O)[O-].[Zn+2]. The number of carboxylic acids is 4. The Bertz CT molecular complexity index is 861. The molecule has 0 heterocycles. The number of aliphatic hydroxyl groups is 4. The van der Waals surface area contributed by atoms with Crippen LogP contribution in [0, 0.1) is 0 Å². The normalized spacial score (nSPS) is 14.9. The van der Waals surface area contributed by atoms with E-state index in [0.717, 1.165) is 0 Å². The third kappa shape index (κ3) is 28.4. The molecule has 0 amide bonds. The maximum absolute atomic E-state index is 11.0. The molecule has 18 nitrogen and oxygen atoms in total. The second-order valence-electron chi connectivity index (χ2n) is 11.5. The van der Waals surface area contributed by atoms with Gasteiger partial charge in [-0.3, -0.25) is 9.59 Å². The minimum atomic E-state index is -2.50. The number of carbonyl (C=O) groups is 6. The van der Waals surface area contributed by atoms with Crippen LogP contribution in [0.1, 0.15) is 39.5 Å². The first kappa shape index (κ1) is 49.1. The molecule has 45 heavy (non-hydrogen) atoms. The van der Waals surface area contributed by atoms with Crippen LogP contribution in [0.5, 0.6) is 0 Å². The average molecular weight is 708 g/mol. The maximum Gasteiger partial charge on any atom is 2.00 e. The van der Waals surface area contributed by atoms with E-state index in [1.165, 1.54) is 0 Å². The van der Waals surface area contributed by atoms with Crippen molar-refractivity contribution in [2.45, 2.75) is 76.2 Å². The van der Waals surface area contributed by atoms with Gasteiger partial charge in [0.1, 0.15) is 37.5 Å². The summed E-state index contributed by atoms with van der Waals surface area (Å²) in [7, 11) is 11.4. The molecule has 0 spiro atoms. The van der Waals surface area contributed by atoms with Crippen molar-refractivity contribution in [2.75, 3.05) is 55.4 Å². The number of hydrogen-bond acceptors (Lipinski definition) is 16. The first-order valence-electron chi connectivity index (χ1n) is 13.3. The first-order valence-corrected chi connectivity index (χ1v) is 13.3. The van der Waals surface area contributed by atoms with E-state index in [2.05, 4.69) is 0 Å². The van der Waals surface area contributed by atoms with Gasteiger partial charge >= 0.3 is 31.4 Å². The van der Waals surface area contributed by atoms with E-state index in [-0.39, 0.29) is 57.1 Å². The number of hydrogen-bond donors (Lipinski definition) is 4. The number of aliphatic carboxylic acids is 4. The quantitative estimate of drug-likeness (QED) is 0.0620. The van der Waals surface area contributed by atoms with Crippen molar-refractivity contribution < 1.29 is 108 Å². The van der Waals surface area contributed by atoms with Gasteiger partial charge in [0.05, 0.1) is 54.2 Å². The van der Waals surface area contributed by atoms with Gasteiger partial charge in [0.2, 0.25) is 0 Å². The molecule has 0 aromatic heterocycles. The number of likely N-dealkylation sites (N-methyl/N-ethyl adjacent to an activating group) is 2. The van der Waals surface area contributed by atoms with Gasteiger partial charge in [-0.1, -0.05) is 13.8 Å². The van der Waals surface area contributed by atoms with Crippen molar-refractivity contribution in [3.05, 3.63) is 0 Å². The zero-order valence-electron chi connectivity index (χ0n) is 27.0. The largest absolute Gasteiger partial charge is 2.00 e. The topological polar surface area (TPSA) is 294 Å². The van der Waals surface area contributed by atoms with Crippen molar-refractivity contribution in [3.8, 4) is 0 Å². The second-order valence-corrected chi connectivity index (χ2v) is 11.5. The van der Waals surface area contributed by atoms with Crippen molar-refractivity contribution >= 4 is 35.8 Å². The summed E-state index contributed by atoms with van der Waals surface area (Å²) in [6.07, 6.45) is -11.0. The summed E-state index contributed by atoms with van der Waals surface area (Å²) in [6, 6.07) is 0. The van der Waals surface area contributed by atoms with Gasteiger partial charge < -0.3 is 78.5 Å². The molecule has 0 aliphatic heterocycles.